The summed E-state index contributed by atoms with van der Waals surface area (Å²) in [7, 11) is 0. The van der Waals surface area contributed by atoms with Gasteiger partial charge < -0.3 is 5.73 Å². The number of nitrogens with two attached hydrogens (primary N) is 1. The van der Waals surface area contributed by atoms with Crippen molar-refractivity contribution >= 4 is 0 Å². The number of hydrogen-bond acceptors (Lipinski definition) is 2. The average molecular weight is 266 g/mol. The lowest BCUT2D eigenvalue weighted by Gasteiger charge is -2.49. The van der Waals surface area contributed by atoms with E-state index in [0.717, 1.165) is 12.5 Å². The Hall–Kier alpha value is -0.0800. The molecule has 0 aromatic heterocycles. The van der Waals surface area contributed by atoms with E-state index in [0.29, 0.717) is 11.0 Å². The van der Waals surface area contributed by atoms with Crippen molar-refractivity contribution in [2.75, 3.05) is 19.6 Å². The lowest BCUT2D eigenvalue weighted by Crippen LogP contribution is -2.56. The Balaban J connectivity index is 2.01. The predicted molar refractivity (Wildman–Crippen MR) is 83.2 cm³/mol. The molecule has 2 rings (SSSR count). The molecule has 0 spiro atoms. The maximum Gasteiger partial charge on any atom is 0.0332 e. The van der Waals surface area contributed by atoms with Crippen molar-refractivity contribution in [1.29, 1.82) is 0 Å². The highest BCUT2D eigenvalue weighted by molar-refractivity contribution is 4.98. The van der Waals surface area contributed by atoms with Gasteiger partial charge in [-0.1, -0.05) is 27.2 Å². The van der Waals surface area contributed by atoms with Gasteiger partial charge in [0.05, 0.1) is 0 Å². The van der Waals surface area contributed by atoms with Gasteiger partial charge in [0.15, 0.2) is 0 Å². The molecule has 0 radical (unpaired) electrons. The molecular formula is C17H34N2. The molecule has 19 heavy (non-hydrogen) atoms. The fourth-order valence-corrected chi connectivity index (χ4v) is 4.09. The zero-order chi connectivity index (χ0) is 13.9. The van der Waals surface area contributed by atoms with Crippen molar-refractivity contribution in [3.8, 4) is 0 Å². The van der Waals surface area contributed by atoms with Gasteiger partial charge >= 0.3 is 0 Å². The summed E-state index contributed by atoms with van der Waals surface area (Å²) in [5, 5.41) is 0. The third-order valence-corrected chi connectivity index (χ3v) is 6.01. The second-order valence-corrected chi connectivity index (χ2v) is 7.78. The number of hydrogen-bond donors (Lipinski definition) is 1. The molecule has 0 aromatic carbocycles. The van der Waals surface area contributed by atoms with Gasteiger partial charge in [-0.15, -0.1) is 0 Å². The molecule has 1 saturated heterocycles. The van der Waals surface area contributed by atoms with Crippen LogP contribution in [0, 0.1) is 11.3 Å². The van der Waals surface area contributed by atoms with Gasteiger partial charge in [-0.05, 0) is 69.4 Å². The summed E-state index contributed by atoms with van der Waals surface area (Å²) in [5.41, 5.74) is 7.10. The first-order valence-electron chi connectivity index (χ1n) is 8.46. The van der Waals surface area contributed by atoms with Crippen LogP contribution in [0.2, 0.25) is 0 Å². The lowest BCUT2D eigenvalue weighted by molar-refractivity contribution is 0.0245. The van der Waals surface area contributed by atoms with Gasteiger partial charge in [-0.2, -0.15) is 0 Å². The molecule has 2 N–H and O–H groups in total. The van der Waals surface area contributed by atoms with Crippen LogP contribution in [0.25, 0.3) is 0 Å². The quantitative estimate of drug-likeness (QED) is 0.842. The maximum absolute atomic E-state index is 6.23. The molecule has 1 unspecified atom stereocenters. The number of nitrogens with zero attached hydrogens (tertiary/aromatic N) is 1. The summed E-state index contributed by atoms with van der Waals surface area (Å²) < 4.78 is 0. The van der Waals surface area contributed by atoms with Crippen LogP contribution in [0.4, 0.5) is 0 Å². The predicted octanol–water partition coefficient (Wildman–Crippen LogP) is 3.80. The van der Waals surface area contributed by atoms with Crippen molar-refractivity contribution in [1.82, 2.24) is 4.90 Å². The molecule has 1 aliphatic carbocycles. The second kappa shape index (κ2) is 6.13. The zero-order valence-corrected chi connectivity index (χ0v) is 13.4. The van der Waals surface area contributed by atoms with E-state index < -0.39 is 0 Å². The van der Waals surface area contributed by atoms with Gasteiger partial charge in [-0.3, -0.25) is 4.90 Å². The van der Waals surface area contributed by atoms with Crippen molar-refractivity contribution in [2.45, 2.75) is 77.7 Å². The Morgan fingerprint density at radius 1 is 1.05 bits per heavy atom. The minimum Gasteiger partial charge on any atom is -0.329 e. The van der Waals surface area contributed by atoms with Crippen LogP contribution < -0.4 is 5.73 Å². The standard InChI is InChI=1S/C17H34N2/c1-4-15-6-5-12-19(13-7-15)17(14-18)10-8-16(2,3)9-11-17/h15H,4-14,18H2,1-3H3. The molecule has 0 aromatic rings. The molecule has 0 bridgehead atoms. The Morgan fingerprint density at radius 3 is 2.32 bits per heavy atom. The van der Waals surface area contributed by atoms with Crippen LogP contribution >= 0.6 is 0 Å². The first-order valence-corrected chi connectivity index (χ1v) is 8.46. The van der Waals surface area contributed by atoms with Crippen LogP contribution in [-0.2, 0) is 0 Å². The fraction of sp³-hybridized carbons (Fsp3) is 1.00. The molecule has 2 nitrogen and oxygen atoms in total. The van der Waals surface area contributed by atoms with Crippen LogP contribution in [-0.4, -0.2) is 30.1 Å². The van der Waals surface area contributed by atoms with Crippen LogP contribution in [0.5, 0.6) is 0 Å². The van der Waals surface area contributed by atoms with E-state index in [4.69, 9.17) is 5.73 Å². The number of likely N-dealkylation sites (tertiary alicyclic amines) is 1. The molecule has 112 valence electrons. The van der Waals surface area contributed by atoms with E-state index in [9.17, 15) is 0 Å². The highest BCUT2D eigenvalue weighted by Crippen LogP contribution is 2.43. The average Bonchev–Trinajstić information content (AvgIpc) is 2.65. The summed E-state index contributed by atoms with van der Waals surface area (Å²) in [4.78, 5) is 2.78. The third-order valence-electron chi connectivity index (χ3n) is 6.01. The normalized spacial score (nSPS) is 31.9. The van der Waals surface area contributed by atoms with Crippen molar-refractivity contribution in [3.63, 3.8) is 0 Å². The summed E-state index contributed by atoms with van der Waals surface area (Å²) in [5.74, 6) is 0.958. The van der Waals surface area contributed by atoms with E-state index in [1.54, 1.807) is 0 Å². The Kier molecular flexibility index (Phi) is 4.94. The molecule has 1 heterocycles. The highest BCUT2D eigenvalue weighted by Gasteiger charge is 2.41. The molecular weight excluding hydrogens is 232 g/mol. The highest BCUT2D eigenvalue weighted by atomic mass is 15.2. The van der Waals surface area contributed by atoms with Crippen molar-refractivity contribution in [2.24, 2.45) is 17.1 Å². The molecule has 2 aliphatic rings. The van der Waals surface area contributed by atoms with Gasteiger partial charge in [0.25, 0.3) is 0 Å². The van der Waals surface area contributed by atoms with Gasteiger partial charge in [0.1, 0.15) is 0 Å². The monoisotopic (exact) mass is 266 g/mol. The molecule has 2 heteroatoms. The third kappa shape index (κ3) is 3.52. The fourth-order valence-electron chi connectivity index (χ4n) is 4.09. The van der Waals surface area contributed by atoms with E-state index in [1.165, 1.54) is 64.5 Å². The van der Waals surface area contributed by atoms with E-state index >= 15 is 0 Å². The largest absolute Gasteiger partial charge is 0.329 e. The lowest BCUT2D eigenvalue weighted by atomic mass is 9.68. The SMILES string of the molecule is CCC1CCCN(C2(CN)CCC(C)(C)CC2)CC1. The summed E-state index contributed by atoms with van der Waals surface area (Å²) >= 11 is 0. The summed E-state index contributed by atoms with van der Waals surface area (Å²) in [6.07, 6.45) is 10.9. The van der Waals surface area contributed by atoms with Gasteiger partial charge in [-0.25, -0.2) is 0 Å². The van der Waals surface area contributed by atoms with Crippen molar-refractivity contribution < 1.29 is 0 Å². The Morgan fingerprint density at radius 2 is 1.74 bits per heavy atom. The topological polar surface area (TPSA) is 29.3 Å². The van der Waals surface area contributed by atoms with Crippen LogP contribution in [0.1, 0.15) is 72.1 Å². The molecule has 1 aliphatic heterocycles. The van der Waals surface area contributed by atoms with Crippen LogP contribution in [0.3, 0.4) is 0 Å². The Bertz CT molecular complexity index is 275. The van der Waals surface area contributed by atoms with Crippen LogP contribution in [0.15, 0.2) is 0 Å². The van der Waals surface area contributed by atoms with E-state index in [1.807, 2.05) is 0 Å². The van der Waals surface area contributed by atoms with E-state index in [2.05, 4.69) is 25.7 Å². The zero-order valence-electron chi connectivity index (χ0n) is 13.4. The van der Waals surface area contributed by atoms with Crippen molar-refractivity contribution in [3.05, 3.63) is 0 Å². The maximum atomic E-state index is 6.23. The minimum atomic E-state index is 0.331. The smallest absolute Gasteiger partial charge is 0.0332 e. The minimum absolute atomic E-state index is 0.331. The molecule has 2 fully saturated rings. The number of rotatable bonds is 3. The first kappa shape index (κ1) is 15.3. The van der Waals surface area contributed by atoms with Gasteiger partial charge in [0.2, 0.25) is 0 Å². The second-order valence-electron chi connectivity index (χ2n) is 7.78. The summed E-state index contributed by atoms with van der Waals surface area (Å²) in [6.45, 7) is 10.6. The van der Waals surface area contributed by atoms with E-state index in [-0.39, 0.29) is 0 Å². The molecule has 1 atom stereocenters. The molecule has 0 amide bonds. The Labute approximate surface area is 120 Å². The molecule has 1 saturated carbocycles. The summed E-state index contributed by atoms with van der Waals surface area (Å²) in [6, 6.07) is 0. The first-order chi connectivity index (χ1) is 9.01. The van der Waals surface area contributed by atoms with Gasteiger partial charge in [0, 0.05) is 12.1 Å².